The standard InChI is InChI=1S/C25H36N6O/c1-19-27-18-23(24(28-19)29-21-6-4-3-5-7-21)25(32)26-13-12-20-8-10-22(11-9-20)31-16-14-30(2)15-17-31/h8-11,18,21H,3-7,12-17H2,1-2H3,(H,26,32)(H,27,28,29)/i2-1. The van der Waals surface area contributed by atoms with E-state index in [2.05, 4.69) is 61.7 Å². The third-order valence-corrected chi connectivity index (χ3v) is 6.60. The molecule has 1 aliphatic heterocycles. The third kappa shape index (κ3) is 5.97. The van der Waals surface area contributed by atoms with E-state index in [-0.39, 0.29) is 5.91 Å². The Bertz CT molecular complexity index is 886. The summed E-state index contributed by atoms with van der Waals surface area (Å²) in [4.78, 5) is 26.4. The fourth-order valence-corrected chi connectivity index (χ4v) is 4.54. The average Bonchev–Trinajstić information content (AvgIpc) is 2.81. The molecule has 1 aliphatic carbocycles. The summed E-state index contributed by atoms with van der Waals surface area (Å²) >= 11 is 0. The number of likely N-dealkylation sites (N-methyl/N-ethyl adjacent to an activating group) is 1. The molecule has 7 nitrogen and oxygen atoms in total. The van der Waals surface area contributed by atoms with Crippen LogP contribution in [0.5, 0.6) is 0 Å². The van der Waals surface area contributed by atoms with Crippen LogP contribution in [0.1, 0.15) is 53.8 Å². The van der Waals surface area contributed by atoms with Gasteiger partial charge in [-0.15, -0.1) is 0 Å². The highest BCUT2D eigenvalue weighted by Gasteiger charge is 2.19. The molecule has 0 spiro atoms. The molecule has 32 heavy (non-hydrogen) atoms. The minimum absolute atomic E-state index is 0.114. The number of hydrogen-bond donors (Lipinski definition) is 2. The van der Waals surface area contributed by atoms with Crippen LogP contribution in [0.2, 0.25) is 0 Å². The van der Waals surface area contributed by atoms with E-state index in [0.717, 1.165) is 45.4 Å². The molecular weight excluding hydrogens is 399 g/mol. The van der Waals surface area contributed by atoms with Gasteiger partial charge in [0.15, 0.2) is 0 Å². The fraction of sp³-hybridized carbons (Fsp3) is 0.560. The van der Waals surface area contributed by atoms with Gasteiger partial charge in [0.05, 0.1) is 0 Å². The molecule has 2 aliphatic rings. The molecule has 1 saturated carbocycles. The molecule has 4 rings (SSSR count). The number of amides is 1. The number of piperazine rings is 1. The van der Waals surface area contributed by atoms with Crippen molar-refractivity contribution >= 4 is 17.4 Å². The van der Waals surface area contributed by atoms with E-state index in [9.17, 15) is 4.79 Å². The van der Waals surface area contributed by atoms with Crippen LogP contribution < -0.4 is 15.5 Å². The van der Waals surface area contributed by atoms with Gasteiger partial charge in [-0.3, -0.25) is 4.79 Å². The second-order valence-corrected chi connectivity index (χ2v) is 9.12. The molecule has 172 valence electrons. The van der Waals surface area contributed by atoms with Crippen molar-refractivity contribution in [2.75, 3.05) is 50.0 Å². The number of aromatic nitrogens is 2. The van der Waals surface area contributed by atoms with Gasteiger partial charge in [0, 0.05) is 50.6 Å². The molecule has 2 aromatic rings. The van der Waals surface area contributed by atoms with Gasteiger partial charge in [0.1, 0.15) is 17.2 Å². The van der Waals surface area contributed by atoms with Crippen molar-refractivity contribution in [2.45, 2.75) is 51.5 Å². The maximum atomic E-state index is 12.9. The summed E-state index contributed by atoms with van der Waals surface area (Å²) in [5.41, 5.74) is 3.04. The van der Waals surface area contributed by atoms with Gasteiger partial charge in [-0.2, -0.15) is 0 Å². The Kier molecular flexibility index (Phi) is 7.58. The van der Waals surface area contributed by atoms with E-state index >= 15 is 0 Å². The lowest BCUT2D eigenvalue weighted by atomic mass is 9.95. The molecule has 0 unspecified atom stereocenters. The second kappa shape index (κ2) is 10.8. The zero-order valence-corrected chi connectivity index (χ0v) is 19.4. The number of rotatable bonds is 7. The van der Waals surface area contributed by atoms with E-state index in [0.29, 0.717) is 29.8 Å². The number of benzene rings is 1. The van der Waals surface area contributed by atoms with Crippen LogP contribution in [0, 0.1) is 6.92 Å². The van der Waals surface area contributed by atoms with Crippen LogP contribution in [0.15, 0.2) is 30.5 Å². The number of nitrogens with one attached hydrogen (secondary N) is 2. The summed E-state index contributed by atoms with van der Waals surface area (Å²) in [7, 11) is 2.17. The highest BCUT2D eigenvalue weighted by Crippen LogP contribution is 2.23. The number of carbonyl (C=O) groups is 1. The largest absolute Gasteiger partial charge is 0.369 e. The van der Waals surface area contributed by atoms with Gasteiger partial charge in [-0.05, 0) is 50.9 Å². The molecule has 1 aromatic carbocycles. The topological polar surface area (TPSA) is 73.4 Å². The normalized spacial score (nSPS) is 17.9. The van der Waals surface area contributed by atoms with Gasteiger partial charge in [-0.1, -0.05) is 31.4 Å². The predicted octanol–water partition coefficient (Wildman–Crippen LogP) is 3.25. The molecule has 2 fully saturated rings. The van der Waals surface area contributed by atoms with E-state index in [1.807, 2.05) is 6.92 Å². The van der Waals surface area contributed by atoms with E-state index in [1.165, 1.54) is 30.5 Å². The van der Waals surface area contributed by atoms with Gasteiger partial charge in [0.25, 0.3) is 5.91 Å². The van der Waals surface area contributed by atoms with Crippen LogP contribution in [0.3, 0.4) is 0 Å². The minimum atomic E-state index is -0.114. The maximum absolute atomic E-state index is 12.9. The van der Waals surface area contributed by atoms with Crippen molar-refractivity contribution < 1.29 is 4.79 Å². The van der Waals surface area contributed by atoms with E-state index in [1.54, 1.807) is 6.20 Å². The molecule has 7 heteroatoms. The minimum Gasteiger partial charge on any atom is -0.369 e. The highest BCUT2D eigenvalue weighted by molar-refractivity contribution is 5.98. The van der Waals surface area contributed by atoms with Crippen molar-refractivity contribution in [1.82, 2.24) is 20.2 Å². The van der Waals surface area contributed by atoms with Crippen molar-refractivity contribution in [1.29, 1.82) is 0 Å². The van der Waals surface area contributed by atoms with Gasteiger partial charge in [0.2, 0.25) is 0 Å². The highest BCUT2D eigenvalue weighted by atomic mass is 16.1. The molecule has 1 saturated heterocycles. The number of carbonyl (C=O) groups excluding carboxylic acids is 1. The Morgan fingerprint density at radius 3 is 2.50 bits per heavy atom. The first-order chi connectivity index (χ1) is 15.6. The van der Waals surface area contributed by atoms with Crippen molar-refractivity contribution in [3.05, 3.63) is 47.4 Å². The SMILES string of the molecule is Cc1ncc(C(=O)NCCc2ccc(N3CCN([11CH3])CC3)cc2)c(NC2CCCCC2)n1. The lowest BCUT2D eigenvalue weighted by Gasteiger charge is -2.34. The predicted molar refractivity (Wildman–Crippen MR) is 129 cm³/mol. The maximum Gasteiger partial charge on any atom is 0.256 e. The summed E-state index contributed by atoms with van der Waals surface area (Å²) in [6, 6.07) is 9.13. The number of anilines is 2. The van der Waals surface area contributed by atoms with E-state index in [4.69, 9.17) is 0 Å². The van der Waals surface area contributed by atoms with Crippen molar-refractivity contribution in [3.8, 4) is 0 Å². The smallest absolute Gasteiger partial charge is 0.256 e. The molecule has 0 atom stereocenters. The van der Waals surface area contributed by atoms with Gasteiger partial charge in [-0.25, -0.2) is 9.97 Å². The van der Waals surface area contributed by atoms with Crippen molar-refractivity contribution in [3.63, 3.8) is 0 Å². The van der Waals surface area contributed by atoms with Crippen LogP contribution in [0.4, 0.5) is 11.5 Å². The lowest BCUT2D eigenvalue weighted by molar-refractivity contribution is 0.0954. The summed E-state index contributed by atoms with van der Waals surface area (Å²) < 4.78 is 0. The molecule has 0 radical (unpaired) electrons. The number of hydrogen-bond acceptors (Lipinski definition) is 6. The Hall–Kier alpha value is -2.67. The molecule has 2 N–H and O–H groups in total. The van der Waals surface area contributed by atoms with Crippen molar-refractivity contribution in [2.24, 2.45) is 0 Å². The van der Waals surface area contributed by atoms with Crippen LogP contribution in [-0.2, 0) is 6.42 Å². The quantitative estimate of drug-likeness (QED) is 0.696. The molecule has 1 amide bonds. The van der Waals surface area contributed by atoms with Crippen LogP contribution >= 0.6 is 0 Å². The zero-order valence-electron chi connectivity index (χ0n) is 19.4. The zero-order chi connectivity index (χ0) is 22.3. The molecular formula is C25H36N6O. The summed E-state index contributed by atoms with van der Waals surface area (Å²) in [6.45, 7) is 6.80. The van der Waals surface area contributed by atoms with E-state index < -0.39 is 0 Å². The molecule has 2 heterocycles. The molecule has 0 bridgehead atoms. The van der Waals surface area contributed by atoms with Crippen LogP contribution in [-0.4, -0.2) is 66.6 Å². The second-order valence-electron chi connectivity index (χ2n) is 9.12. The summed E-state index contributed by atoms with van der Waals surface area (Å²) in [6.07, 6.45) is 8.47. The van der Waals surface area contributed by atoms with Gasteiger partial charge < -0.3 is 20.4 Å². The van der Waals surface area contributed by atoms with Crippen LogP contribution in [0.25, 0.3) is 0 Å². The number of nitrogens with zero attached hydrogens (tertiary/aromatic N) is 4. The first kappa shape index (κ1) is 22.5. The summed E-state index contributed by atoms with van der Waals surface area (Å²) in [5, 5.41) is 6.55. The Morgan fingerprint density at radius 2 is 1.78 bits per heavy atom. The number of aryl methyl sites for hydroxylation is 1. The Labute approximate surface area is 191 Å². The molecule has 1 aromatic heterocycles. The first-order valence-corrected chi connectivity index (χ1v) is 12.0. The first-order valence-electron chi connectivity index (χ1n) is 12.0. The van der Waals surface area contributed by atoms with Gasteiger partial charge >= 0.3 is 0 Å². The average molecular weight is 436 g/mol. The fourth-order valence-electron chi connectivity index (χ4n) is 4.54. The lowest BCUT2D eigenvalue weighted by Crippen LogP contribution is -2.44. The third-order valence-electron chi connectivity index (χ3n) is 6.60. The monoisotopic (exact) mass is 435 g/mol. The Morgan fingerprint density at radius 1 is 1.06 bits per heavy atom. The summed E-state index contributed by atoms with van der Waals surface area (Å²) in [5.74, 6) is 1.23. The Balaban J connectivity index is 1.30.